The summed E-state index contributed by atoms with van der Waals surface area (Å²) in [6, 6.07) is 7.73. The van der Waals surface area contributed by atoms with Crippen LogP contribution in [0.2, 0.25) is 0 Å². The largest absolute Gasteiger partial charge is 0.497 e. The Labute approximate surface area is 145 Å². The number of carbonyl (C=O) groups excluding carboxylic acids is 1. The third-order valence-corrected chi connectivity index (χ3v) is 5.59. The summed E-state index contributed by atoms with van der Waals surface area (Å²) >= 11 is 3.19. The standard InChI is InChI=1S/C17H22N2O2S2/c1-11(17-12(2)23-13(3)18-17)19(4)16(20)10-22-15-8-6-7-14(9-15)21-5/h6-9,11H,10H2,1-5H3. The second kappa shape index (κ2) is 7.84. The van der Waals surface area contributed by atoms with Crippen molar-refractivity contribution in [1.29, 1.82) is 0 Å². The van der Waals surface area contributed by atoms with E-state index in [2.05, 4.69) is 11.9 Å². The van der Waals surface area contributed by atoms with E-state index >= 15 is 0 Å². The molecule has 4 nitrogen and oxygen atoms in total. The first-order valence-electron chi connectivity index (χ1n) is 7.38. The van der Waals surface area contributed by atoms with Gasteiger partial charge < -0.3 is 9.64 Å². The van der Waals surface area contributed by atoms with Gasteiger partial charge in [0.2, 0.25) is 5.91 Å². The Morgan fingerprint density at radius 1 is 1.43 bits per heavy atom. The Bertz CT molecular complexity index is 685. The summed E-state index contributed by atoms with van der Waals surface area (Å²) < 4.78 is 5.20. The molecule has 0 saturated carbocycles. The van der Waals surface area contributed by atoms with Gasteiger partial charge in [0.25, 0.3) is 0 Å². The maximum Gasteiger partial charge on any atom is 0.233 e. The number of ether oxygens (including phenoxy) is 1. The van der Waals surface area contributed by atoms with E-state index in [1.54, 1.807) is 23.3 Å². The van der Waals surface area contributed by atoms with Gasteiger partial charge in [-0.05, 0) is 39.0 Å². The van der Waals surface area contributed by atoms with Gasteiger partial charge in [0.15, 0.2) is 0 Å². The van der Waals surface area contributed by atoms with E-state index in [0.717, 1.165) is 21.3 Å². The van der Waals surface area contributed by atoms with E-state index in [1.807, 2.05) is 45.2 Å². The van der Waals surface area contributed by atoms with E-state index in [4.69, 9.17) is 4.74 Å². The minimum absolute atomic E-state index is 0.0154. The molecule has 0 N–H and O–H groups in total. The van der Waals surface area contributed by atoms with Gasteiger partial charge in [-0.3, -0.25) is 4.79 Å². The molecule has 0 bridgehead atoms. The maximum absolute atomic E-state index is 12.5. The van der Waals surface area contributed by atoms with Crippen molar-refractivity contribution in [2.24, 2.45) is 0 Å². The van der Waals surface area contributed by atoms with Crippen LogP contribution in [0.4, 0.5) is 0 Å². The molecule has 0 fully saturated rings. The number of amides is 1. The fraction of sp³-hybridized carbons (Fsp3) is 0.412. The summed E-state index contributed by atoms with van der Waals surface area (Å²) in [5.41, 5.74) is 0.995. The molecule has 1 atom stereocenters. The molecular formula is C17H22N2O2S2. The molecule has 1 aromatic heterocycles. The summed E-state index contributed by atoms with van der Waals surface area (Å²) in [7, 11) is 3.48. The van der Waals surface area contributed by atoms with Crippen molar-refractivity contribution < 1.29 is 9.53 Å². The second-order valence-electron chi connectivity index (χ2n) is 5.32. The summed E-state index contributed by atoms with van der Waals surface area (Å²) in [4.78, 5) is 21.0. The molecule has 6 heteroatoms. The van der Waals surface area contributed by atoms with Crippen molar-refractivity contribution in [3.8, 4) is 5.75 Å². The van der Waals surface area contributed by atoms with Crippen LogP contribution in [0.25, 0.3) is 0 Å². The van der Waals surface area contributed by atoms with E-state index in [9.17, 15) is 4.79 Å². The summed E-state index contributed by atoms with van der Waals surface area (Å²) in [5.74, 6) is 1.30. The fourth-order valence-corrected chi connectivity index (χ4v) is 4.05. The van der Waals surface area contributed by atoms with Crippen LogP contribution in [-0.2, 0) is 4.79 Å². The molecule has 1 aromatic carbocycles. The van der Waals surface area contributed by atoms with E-state index in [-0.39, 0.29) is 11.9 Å². The fourth-order valence-electron chi connectivity index (χ4n) is 2.27. The van der Waals surface area contributed by atoms with Gasteiger partial charge in [-0.1, -0.05) is 6.07 Å². The van der Waals surface area contributed by atoms with E-state index in [0.29, 0.717) is 5.75 Å². The first-order chi connectivity index (χ1) is 10.9. The highest BCUT2D eigenvalue weighted by molar-refractivity contribution is 8.00. The summed E-state index contributed by atoms with van der Waals surface area (Å²) in [5, 5.41) is 1.04. The van der Waals surface area contributed by atoms with Gasteiger partial charge in [-0.2, -0.15) is 0 Å². The summed E-state index contributed by atoms with van der Waals surface area (Å²) in [6.07, 6.45) is 0. The molecule has 23 heavy (non-hydrogen) atoms. The van der Waals surface area contributed by atoms with Gasteiger partial charge in [0.1, 0.15) is 5.75 Å². The smallest absolute Gasteiger partial charge is 0.233 e. The highest BCUT2D eigenvalue weighted by atomic mass is 32.2. The van der Waals surface area contributed by atoms with Crippen molar-refractivity contribution in [3.63, 3.8) is 0 Å². The zero-order valence-corrected chi connectivity index (χ0v) is 15.8. The number of aryl methyl sites for hydroxylation is 2. The molecule has 0 aliphatic rings. The lowest BCUT2D eigenvalue weighted by Gasteiger charge is -2.24. The lowest BCUT2D eigenvalue weighted by Crippen LogP contribution is -2.31. The van der Waals surface area contributed by atoms with Crippen LogP contribution in [0.3, 0.4) is 0 Å². The molecule has 0 radical (unpaired) electrons. The van der Waals surface area contributed by atoms with Gasteiger partial charge in [-0.15, -0.1) is 23.1 Å². The van der Waals surface area contributed by atoms with Gasteiger partial charge >= 0.3 is 0 Å². The highest BCUT2D eigenvalue weighted by Crippen LogP contribution is 2.28. The lowest BCUT2D eigenvalue weighted by molar-refractivity contribution is -0.129. The molecule has 2 rings (SSSR count). The average molecular weight is 351 g/mol. The first-order valence-corrected chi connectivity index (χ1v) is 9.19. The Morgan fingerprint density at radius 3 is 2.78 bits per heavy atom. The van der Waals surface area contributed by atoms with Gasteiger partial charge in [0.05, 0.1) is 29.6 Å². The minimum Gasteiger partial charge on any atom is -0.497 e. The van der Waals surface area contributed by atoms with Crippen LogP contribution in [-0.4, -0.2) is 35.7 Å². The number of thioether (sulfide) groups is 1. The van der Waals surface area contributed by atoms with Gasteiger partial charge in [0, 0.05) is 16.8 Å². The molecule has 2 aromatic rings. The van der Waals surface area contributed by atoms with Crippen molar-refractivity contribution >= 4 is 29.0 Å². The van der Waals surface area contributed by atoms with Crippen molar-refractivity contribution in [3.05, 3.63) is 39.8 Å². The Kier molecular flexibility index (Phi) is 6.07. The normalized spacial score (nSPS) is 12.0. The molecular weight excluding hydrogens is 328 g/mol. The summed E-state index contributed by atoms with van der Waals surface area (Å²) in [6.45, 7) is 6.07. The molecule has 1 unspecified atom stereocenters. The van der Waals surface area contributed by atoms with Gasteiger partial charge in [-0.25, -0.2) is 4.98 Å². The zero-order valence-electron chi connectivity index (χ0n) is 14.1. The number of carbonyl (C=O) groups is 1. The van der Waals surface area contributed by atoms with E-state index < -0.39 is 0 Å². The molecule has 1 heterocycles. The van der Waals surface area contributed by atoms with Crippen LogP contribution in [0.5, 0.6) is 5.75 Å². The molecule has 0 spiro atoms. The molecule has 1 amide bonds. The molecule has 0 aliphatic heterocycles. The number of benzene rings is 1. The number of thiazole rings is 1. The predicted molar refractivity (Wildman–Crippen MR) is 96.5 cm³/mol. The van der Waals surface area contributed by atoms with Crippen LogP contribution >= 0.6 is 23.1 Å². The number of methoxy groups -OCH3 is 1. The Morgan fingerprint density at radius 2 is 2.17 bits per heavy atom. The zero-order chi connectivity index (χ0) is 17.0. The van der Waals surface area contributed by atoms with Crippen LogP contribution in [0, 0.1) is 13.8 Å². The van der Waals surface area contributed by atoms with Crippen LogP contribution in [0.1, 0.15) is 28.5 Å². The second-order valence-corrected chi connectivity index (χ2v) is 7.78. The highest BCUT2D eigenvalue weighted by Gasteiger charge is 2.21. The minimum atomic E-state index is -0.0154. The number of aromatic nitrogens is 1. The molecule has 0 aliphatic carbocycles. The number of nitrogens with zero attached hydrogens (tertiary/aromatic N) is 2. The lowest BCUT2D eigenvalue weighted by atomic mass is 10.2. The third-order valence-electron chi connectivity index (χ3n) is 3.71. The Balaban J connectivity index is 1.98. The van der Waals surface area contributed by atoms with Crippen molar-refractivity contribution in [2.75, 3.05) is 19.9 Å². The average Bonchev–Trinajstić information content (AvgIpc) is 2.89. The first kappa shape index (κ1) is 17.8. The Hall–Kier alpha value is -1.53. The molecule has 124 valence electrons. The number of hydrogen-bond acceptors (Lipinski definition) is 5. The molecule has 0 saturated heterocycles. The van der Waals surface area contributed by atoms with Crippen molar-refractivity contribution in [2.45, 2.75) is 31.7 Å². The number of hydrogen-bond donors (Lipinski definition) is 0. The topological polar surface area (TPSA) is 42.4 Å². The van der Waals surface area contributed by atoms with Crippen LogP contribution < -0.4 is 4.74 Å². The predicted octanol–water partition coefficient (Wildman–Crippen LogP) is 4.08. The number of rotatable bonds is 6. The van der Waals surface area contributed by atoms with E-state index in [1.165, 1.54) is 16.6 Å². The quantitative estimate of drug-likeness (QED) is 0.736. The SMILES string of the molecule is COc1cccc(SCC(=O)N(C)C(C)c2nc(C)sc2C)c1. The van der Waals surface area contributed by atoms with Crippen molar-refractivity contribution in [1.82, 2.24) is 9.88 Å². The maximum atomic E-state index is 12.5. The van der Waals surface area contributed by atoms with Crippen LogP contribution in [0.15, 0.2) is 29.2 Å². The monoisotopic (exact) mass is 350 g/mol. The third kappa shape index (κ3) is 4.48.